The van der Waals surface area contributed by atoms with E-state index in [1.807, 2.05) is 24.3 Å². The van der Waals surface area contributed by atoms with Crippen LogP contribution in [0.25, 0.3) is 11.1 Å². The maximum absolute atomic E-state index is 11.2. The van der Waals surface area contributed by atoms with Gasteiger partial charge in [-0.15, -0.1) is 0 Å². The molecule has 7 heteroatoms. The Morgan fingerprint density at radius 1 is 1.00 bits per heavy atom. The molecule has 0 radical (unpaired) electrons. The van der Waals surface area contributed by atoms with Gasteiger partial charge in [0, 0.05) is 10.2 Å². The molecule has 0 aliphatic heterocycles. The average Bonchev–Trinajstić information content (AvgIpc) is 2.72. The minimum Gasteiger partial charge on any atom is -0.480 e. The van der Waals surface area contributed by atoms with E-state index in [1.54, 1.807) is 0 Å². The molecule has 0 saturated carbocycles. The van der Waals surface area contributed by atoms with E-state index in [9.17, 15) is 4.79 Å². The van der Waals surface area contributed by atoms with Gasteiger partial charge in [-0.05, 0) is 32.6 Å². The van der Waals surface area contributed by atoms with E-state index >= 15 is 0 Å². The molecule has 0 N–H and O–H groups in total. The number of benzene rings is 2. The molecule has 0 aliphatic rings. The molecule has 1 aromatic heterocycles. The third-order valence-corrected chi connectivity index (χ3v) is 5.71. The molecule has 0 saturated heterocycles. The molecule has 27 heavy (non-hydrogen) atoms. The molecule has 0 bridgehead atoms. The molecule has 0 fully saturated rings. The monoisotopic (exact) mass is 444 g/mol. The maximum Gasteiger partial charge on any atom is 0.231 e. The Balaban J connectivity index is 1.86. The second-order valence-corrected chi connectivity index (χ2v) is 7.23. The number of hydrogen-bond donors (Lipinski definition) is 0. The highest BCUT2D eigenvalue weighted by molar-refractivity contribution is 9.10. The first kappa shape index (κ1) is 19.4. The van der Waals surface area contributed by atoms with E-state index in [-0.39, 0.29) is 17.3 Å². The summed E-state index contributed by atoms with van der Waals surface area (Å²) in [6, 6.07) is 16.3. The van der Waals surface area contributed by atoms with E-state index in [1.165, 1.54) is 26.0 Å². The molecule has 0 spiro atoms. The molecule has 138 valence electrons. The fraction of sp³-hybridized carbons (Fsp3) is 0.150. The Kier molecular flexibility index (Phi) is 6.47. The van der Waals surface area contributed by atoms with E-state index < -0.39 is 0 Å². The lowest BCUT2D eigenvalue weighted by atomic mass is 10.0. The third kappa shape index (κ3) is 4.31. The minimum absolute atomic E-state index is 0.205. The summed E-state index contributed by atoms with van der Waals surface area (Å²) in [7, 11) is 2.92. The summed E-state index contributed by atoms with van der Waals surface area (Å²) in [5, 5.41) is 0.478. The number of nitrogens with zero attached hydrogens (tertiary/aromatic N) is 2. The quantitative estimate of drug-likeness (QED) is 0.289. The number of carbonyl (C=O) groups is 1. The van der Waals surface area contributed by atoms with Crippen LogP contribution < -0.4 is 9.47 Å². The molecule has 0 unspecified atom stereocenters. The highest BCUT2D eigenvalue weighted by atomic mass is 79.9. The Morgan fingerprint density at radius 2 is 1.67 bits per heavy atom. The highest BCUT2D eigenvalue weighted by Gasteiger charge is 2.16. The zero-order valence-corrected chi connectivity index (χ0v) is 17.2. The second-order valence-electron chi connectivity index (χ2n) is 5.49. The van der Waals surface area contributed by atoms with Gasteiger partial charge in [-0.25, -0.2) is 0 Å². The van der Waals surface area contributed by atoms with Crippen molar-refractivity contribution in [3.8, 4) is 22.9 Å². The van der Waals surface area contributed by atoms with Crippen molar-refractivity contribution in [3.63, 3.8) is 0 Å². The summed E-state index contributed by atoms with van der Waals surface area (Å²) in [4.78, 5) is 19.8. The van der Waals surface area contributed by atoms with Gasteiger partial charge in [-0.2, -0.15) is 9.97 Å². The van der Waals surface area contributed by atoms with Crippen LogP contribution in [-0.4, -0.2) is 30.5 Å². The first-order valence-corrected chi connectivity index (χ1v) is 9.86. The van der Waals surface area contributed by atoms with Crippen LogP contribution in [0.2, 0.25) is 0 Å². The number of rotatable bonds is 7. The number of methoxy groups -OCH3 is 2. The van der Waals surface area contributed by atoms with Crippen LogP contribution in [0.5, 0.6) is 11.8 Å². The Morgan fingerprint density at radius 3 is 2.26 bits per heavy atom. The minimum atomic E-state index is 0.205. The lowest BCUT2D eigenvalue weighted by Gasteiger charge is -2.11. The number of aldehydes is 1. The first-order chi connectivity index (χ1) is 13.2. The van der Waals surface area contributed by atoms with Gasteiger partial charge in [0.15, 0.2) is 11.4 Å². The third-order valence-electron chi connectivity index (χ3n) is 3.88. The molecular weight excluding hydrogens is 428 g/mol. The molecule has 0 amide bonds. The maximum atomic E-state index is 11.2. The lowest BCUT2D eigenvalue weighted by molar-refractivity contribution is 0.111. The van der Waals surface area contributed by atoms with Gasteiger partial charge >= 0.3 is 0 Å². The number of aromatic nitrogens is 2. The van der Waals surface area contributed by atoms with Crippen LogP contribution in [0.15, 0.2) is 58.2 Å². The smallest absolute Gasteiger partial charge is 0.231 e. The van der Waals surface area contributed by atoms with Crippen LogP contribution in [0, 0.1) is 0 Å². The van der Waals surface area contributed by atoms with Crippen molar-refractivity contribution in [2.24, 2.45) is 0 Å². The van der Waals surface area contributed by atoms with Crippen molar-refractivity contribution in [3.05, 3.63) is 64.1 Å². The number of ether oxygens (including phenoxy) is 2. The summed E-state index contributed by atoms with van der Waals surface area (Å²) >= 11 is 5.16. The van der Waals surface area contributed by atoms with Gasteiger partial charge < -0.3 is 9.47 Å². The molecule has 1 heterocycles. The average molecular weight is 445 g/mol. The van der Waals surface area contributed by atoms with Gasteiger partial charge in [-0.3, -0.25) is 4.79 Å². The van der Waals surface area contributed by atoms with Crippen LogP contribution in [0.3, 0.4) is 0 Å². The van der Waals surface area contributed by atoms with Crippen molar-refractivity contribution in [2.75, 3.05) is 14.2 Å². The normalized spacial score (nSPS) is 10.5. The first-order valence-electron chi connectivity index (χ1n) is 8.08. The van der Waals surface area contributed by atoms with Crippen molar-refractivity contribution < 1.29 is 14.3 Å². The Hall–Kier alpha value is -2.38. The predicted octanol–water partition coefficient (Wildman–Crippen LogP) is 5.03. The number of hydrogen-bond acceptors (Lipinski definition) is 6. The number of halogens is 1. The van der Waals surface area contributed by atoms with Gasteiger partial charge in [0.25, 0.3) is 0 Å². The zero-order chi connectivity index (χ0) is 19.2. The van der Waals surface area contributed by atoms with E-state index in [0.717, 1.165) is 21.2 Å². The van der Waals surface area contributed by atoms with Crippen LogP contribution >= 0.6 is 27.7 Å². The molecular formula is C20H17BrN2O3S. The van der Waals surface area contributed by atoms with Gasteiger partial charge in [0.2, 0.25) is 11.8 Å². The van der Waals surface area contributed by atoms with Crippen molar-refractivity contribution in [1.29, 1.82) is 0 Å². The summed E-state index contributed by atoms with van der Waals surface area (Å²) in [6.45, 7) is 0. The molecule has 3 rings (SSSR count). The largest absolute Gasteiger partial charge is 0.480 e. The predicted molar refractivity (Wildman–Crippen MR) is 110 cm³/mol. The summed E-state index contributed by atoms with van der Waals surface area (Å²) < 4.78 is 11.4. The van der Waals surface area contributed by atoms with Crippen molar-refractivity contribution in [2.45, 2.75) is 10.9 Å². The highest BCUT2D eigenvalue weighted by Crippen LogP contribution is 2.35. The van der Waals surface area contributed by atoms with Gasteiger partial charge in [0.05, 0.1) is 14.2 Å². The van der Waals surface area contributed by atoms with E-state index in [0.29, 0.717) is 17.2 Å². The Bertz CT molecular complexity index is 926. The van der Waals surface area contributed by atoms with Crippen LogP contribution in [0.4, 0.5) is 0 Å². The fourth-order valence-electron chi connectivity index (χ4n) is 2.56. The van der Waals surface area contributed by atoms with E-state index in [2.05, 4.69) is 50.2 Å². The van der Waals surface area contributed by atoms with Crippen molar-refractivity contribution >= 4 is 34.0 Å². The topological polar surface area (TPSA) is 61.3 Å². The summed E-state index contributed by atoms with van der Waals surface area (Å²) in [6.07, 6.45) is 0.631. The fourth-order valence-corrected chi connectivity index (χ4v) is 4.20. The van der Waals surface area contributed by atoms with Crippen LogP contribution in [-0.2, 0) is 5.75 Å². The zero-order valence-electron chi connectivity index (χ0n) is 14.8. The van der Waals surface area contributed by atoms with Gasteiger partial charge in [-0.1, -0.05) is 60.3 Å². The second kappa shape index (κ2) is 9.01. The van der Waals surface area contributed by atoms with E-state index in [4.69, 9.17) is 9.47 Å². The molecule has 2 aromatic carbocycles. The summed E-state index contributed by atoms with van der Waals surface area (Å²) in [5.74, 6) is 1.06. The molecule has 0 aliphatic carbocycles. The SMILES string of the molecule is COc1nc(SCc2cccc(-c3ccccc3)c2Br)nc(OC)c1C=O. The Labute approximate surface area is 170 Å². The number of thioether (sulfide) groups is 1. The molecule has 5 nitrogen and oxygen atoms in total. The van der Waals surface area contributed by atoms with Crippen LogP contribution in [0.1, 0.15) is 15.9 Å². The standard InChI is InChI=1S/C20H17BrN2O3S/c1-25-18-16(11-24)19(26-2)23-20(22-18)27-12-14-9-6-10-15(17(14)21)13-7-4-3-5-8-13/h3-11H,12H2,1-2H3. The lowest BCUT2D eigenvalue weighted by Crippen LogP contribution is -2.03. The van der Waals surface area contributed by atoms with Gasteiger partial charge in [0.1, 0.15) is 5.56 Å². The number of carbonyl (C=O) groups excluding carboxylic acids is 1. The summed E-state index contributed by atoms with van der Waals surface area (Å²) in [5.41, 5.74) is 3.59. The molecule has 3 aromatic rings. The molecule has 0 atom stereocenters. The van der Waals surface area contributed by atoms with Crippen molar-refractivity contribution in [1.82, 2.24) is 9.97 Å².